The van der Waals surface area contributed by atoms with Gasteiger partial charge in [-0.3, -0.25) is 4.79 Å². The number of halogens is 2. The molecule has 0 aromatic carbocycles. The topological polar surface area (TPSA) is 63.1 Å². The molecule has 0 saturated carbocycles. The number of rotatable bonds is 3. The first-order valence-corrected chi connectivity index (χ1v) is 8.17. The van der Waals surface area contributed by atoms with Crippen LogP contribution in [0.1, 0.15) is 23.3 Å². The Hall–Kier alpha value is -1.96. The number of anilines is 1. The lowest BCUT2D eigenvalue weighted by Gasteiger charge is -2.34. The first kappa shape index (κ1) is 15.9. The maximum absolute atomic E-state index is 14.1. The van der Waals surface area contributed by atoms with Crippen molar-refractivity contribution < 1.29 is 9.18 Å². The van der Waals surface area contributed by atoms with Gasteiger partial charge in [0, 0.05) is 43.0 Å². The molecule has 23 heavy (non-hydrogen) atoms. The summed E-state index contributed by atoms with van der Waals surface area (Å²) in [7, 11) is 1.81. The minimum Gasteiger partial charge on any atom is -0.352 e. The lowest BCUT2D eigenvalue weighted by Crippen LogP contribution is -2.48. The summed E-state index contributed by atoms with van der Waals surface area (Å²) < 4.78 is 16.4. The molecule has 122 valence electrons. The third-order valence-electron chi connectivity index (χ3n) is 3.78. The Labute approximate surface area is 141 Å². The molecule has 1 atom stereocenters. The first-order valence-electron chi connectivity index (χ1n) is 7.38. The van der Waals surface area contributed by atoms with Crippen molar-refractivity contribution in [1.29, 1.82) is 0 Å². The van der Waals surface area contributed by atoms with Crippen LogP contribution >= 0.6 is 15.9 Å². The van der Waals surface area contributed by atoms with Crippen molar-refractivity contribution in [3.63, 3.8) is 0 Å². The Kier molecular flexibility index (Phi) is 4.61. The predicted octanol–water partition coefficient (Wildman–Crippen LogP) is 2.12. The van der Waals surface area contributed by atoms with Gasteiger partial charge in [-0.2, -0.15) is 0 Å². The zero-order valence-electron chi connectivity index (χ0n) is 12.7. The van der Waals surface area contributed by atoms with Crippen molar-refractivity contribution in [2.24, 2.45) is 7.05 Å². The van der Waals surface area contributed by atoms with E-state index >= 15 is 0 Å². The van der Waals surface area contributed by atoms with Gasteiger partial charge in [-0.15, -0.1) is 0 Å². The van der Waals surface area contributed by atoms with E-state index < -0.39 is 0 Å². The third kappa shape index (κ3) is 3.69. The molecule has 3 rings (SSSR count). The van der Waals surface area contributed by atoms with Crippen LogP contribution in [-0.4, -0.2) is 39.6 Å². The van der Waals surface area contributed by atoms with Crippen LogP contribution in [0.3, 0.4) is 0 Å². The van der Waals surface area contributed by atoms with E-state index in [-0.39, 0.29) is 17.8 Å². The van der Waals surface area contributed by atoms with Gasteiger partial charge in [0.1, 0.15) is 5.69 Å². The largest absolute Gasteiger partial charge is 0.352 e. The fourth-order valence-corrected chi connectivity index (χ4v) is 3.02. The minimum atomic E-state index is -0.365. The number of carbonyl (C=O) groups is 1. The van der Waals surface area contributed by atoms with Crippen LogP contribution in [0.2, 0.25) is 0 Å². The molecule has 0 bridgehead atoms. The number of aromatic nitrogens is 3. The number of nitrogens with one attached hydrogen (secondary N) is 1. The van der Waals surface area contributed by atoms with Gasteiger partial charge in [-0.25, -0.2) is 14.4 Å². The standard InChI is InChI=1S/C15H17BrFN5O/c1-21-8-13(19-9-21)15(23)20-11-3-2-4-22(7-11)14-12(17)5-10(16)6-18-14/h5-6,8-9,11H,2-4,7H2,1H3,(H,20,23). The van der Waals surface area contributed by atoms with E-state index in [0.29, 0.717) is 22.5 Å². The molecule has 1 fully saturated rings. The maximum Gasteiger partial charge on any atom is 0.271 e. The summed E-state index contributed by atoms with van der Waals surface area (Å²) >= 11 is 3.21. The lowest BCUT2D eigenvalue weighted by atomic mass is 10.1. The van der Waals surface area contributed by atoms with E-state index in [0.717, 1.165) is 19.4 Å². The number of hydrogen-bond acceptors (Lipinski definition) is 4. The molecule has 6 nitrogen and oxygen atoms in total. The number of pyridine rings is 1. The Morgan fingerprint density at radius 2 is 2.30 bits per heavy atom. The van der Waals surface area contributed by atoms with Gasteiger partial charge in [-0.1, -0.05) is 0 Å². The molecular formula is C15H17BrFN5O. The quantitative estimate of drug-likeness (QED) is 0.884. The monoisotopic (exact) mass is 381 g/mol. The van der Waals surface area contributed by atoms with Crippen LogP contribution in [0, 0.1) is 5.82 Å². The molecule has 1 aliphatic heterocycles. The van der Waals surface area contributed by atoms with E-state index in [1.807, 2.05) is 11.9 Å². The van der Waals surface area contributed by atoms with E-state index in [4.69, 9.17) is 0 Å². The normalized spacial score (nSPS) is 18.0. The number of nitrogens with zero attached hydrogens (tertiary/aromatic N) is 4. The van der Waals surface area contributed by atoms with Gasteiger partial charge in [0.25, 0.3) is 5.91 Å². The first-order chi connectivity index (χ1) is 11.0. The van der Waals surface area contributed by atoms with Crippen molar-refractivity contribution in [2.75, 3.05) is 18.0 Å². The number of carbonyl (C=O) groups excluding carboxylic acids is 1. The molecule has 1 aliphatic rings. The average molecular weight is 382 g/mol. The molecule has 2 aromatic rings. The Morgan fingerprint density at radius 1 is 1.48 bits per heavy atom. The molecule has 1 N–H and O–H groups in total. The fraction of sp³-hybridized carbons (Fsp3) is 0.400. The zero-order valence-corrected chi connectivity index (χ0v) is 14.3. The summed E-state index contributed by atoms with van der Waals surface area (Å²) in [6.07, 6.45) is 6.56. The number of piperidine rings is 1. The molecular weight excluding hydrogens is 365 g/mol. The number of amides is 1. The van der Waals surface area contributed by atoms with Crippen LogP contribution in [-0.2, 0) is 7.05 Å². The second-order valence-corrected chi connectivity index (χ2v) is 6.56. The highest BCUT2D eigenvalue weighted by Gasteiger charge is 2.25. The Balaban J connectivity index is 1.67. The minimum absolute atomic E-state index is 0.0527. The van der Waals surface area contributed by atoms with Crippen LogP contribution in [0.15, 0.2) is 29.3 Å². The summed E-state index contributed by atoms with van der Waals surface area (Å²) in [4.78, 5) is 22.2. The molecule has 8 heteroatoms. The van der Waals surface area contributed by atoms with Crippen molar-refractivity contribution in [3.8, 4) is 0 Å². The van der Waals surface area contributed by atoms with Gasteiger partial charge in [-0.05, 0) is 34.8 Å². The van der Waals surface area contributed by atoms with Crippen molar-refractivity contribution in [2.45, 2.75) is 18.9 Å². The molecule has 0 radical (unpaired) electrons. The molecule has 2 aromatic heterocycles. The van der Waals surface area contributed by atoms with Gasteiger partial charge < -0.3 is 14.8 Å². The van der Waals surface area contributed by atoms with Gasteiger partial charge in [0.2, 0.25) is 0 Å². The highest BCUT2D eigenvalue weighted by atomic mass is 79.9. The maximum atomic E-state index is 14.1. The summed E-state index contributed by atoms with van der Waals surface area (Å²) in [6.45, 7) is 1.26. The van der Waals surface area contributed by atoms with Gasteiger partial charge in [0.15, 0.2) is 11.6 Å². The molecule has 0 aliphatic carbocycles. The predicted molar refractivity (Wildman–Crippen MR) is 87.8 cm³/mol. The van der Waals surface area contributed by atoms with Crippen molar-refractivity contribution >= 4 is 27.7 Å². The summed E-state index contributed by atoms with van der Waals surface area (Å²) in [5.74, 6) is -0.247. The summed E-state index contributed by atoms with van der Waals surface area (Å²) in [6, 6.07) is 1.35. The highest BCUT2D eigenvalue weighted by Crippen LogP contribution is 2.23. The second kappa shape index (κ2) is 6.66. The Morgan fingerprint density at radius 3 is 3.00 bits per heavy atom. The number of imidazole rings is 1. The molecule has 1 unspecified atom stereocenters. The number of aryl methyl sites for hydroxylation is 1. The van der Waals surface area contributed by atoms with E-state index in [2.05, 4.69) is 31.2 Å². The van der Waals surface area contributed by atoms with Crippen LogP contribution < -0.4 is 10.2 Å². The molecule has 1 amide bonds. The smallest absolute Gasteiger partial charge is 0.271 e. The van der Waals surface area contributed by atoms with Crippen LogP contribution in [0.5, 0.6) is 0 Å². The Bertz CT molecular complexity index is 720. The highest BCUT2D eigenvalue weighted by molar-refractivity contribution is 9.10. The number of hydrogen-bond donors (Lipinski definition) is 1. The zero-order chi connectivity index (χ0) is 16.4. The van der Waals surface area contributed by atoms with E-state index in [9.17, 15) is 9.18 Å². The third-order valence-corrected chi connectivity index (χ3v) is 4.22. The van der Waals surface area contributed by atoms with Gasteiger partial charge in [0.05, 0.1) is 6.33 Å². The molecule has 1 saturated heterocycles. The van der Waals surface area contributed by atoms with Crippen molar-refractivity contribution in [1.82, 2.24) is 19.9 Å². The van der Waals surface area contributed by atoms with Crippen LogP contribution in [0.25, 0.3) is 0 Å². The SMILES string of the molecule is Cn1cnc(C(=O)NC2CCCN(c3ncc(Br)cc3F)C2)c1. The summed E-state index contributed by atoms with van der Waals surface area (Å²) in [5.41, 5.74) is 0.387. The lowest BCUT2D eigenvalue weighted by molar-refractivity contribution is 0.0928. The second-order valence-electron chi connectivity index (χ2n) is 5.64. The van der Waals surface area contributed by atoms with E-state index in [1.165, 1.54) is 6.07 Å². The average Bonchev–Trinajstić information content (AvgIpc) is 2.94. The fourth-order valence-electron chi connectivity index (χ4n) is 2.72. The van der Waals surface area contributed by atoms with Gasteiger partial charge >= 0.3 is 0 Å². The van der Waals surface area contributed by atoms with Crippen molar-refractivity contribution in [3.05, 3.63) is 40.8 Å². The summed E-state index contributed by atoms with van der Waals surface area (Å²) in [5, 5.41) is 2.96. The van der Waals surface area contributed by atoms with Crippen LogP contribution in [0.4, 0.5) is 10.2 Å². The van der Waals surface area contributed by atoms with E-state index in [1.54, 1.807) is 23.3 Å². The molecule has 3 heterocycles. The molecule has 0 spiro atoms.